The molecule has 0 aromatic heterocycles. The summed E-state index contributed by atoms with van der Waals surface area (Å²) in [5, 5.41) is 8.78. The summed E-state index contributed by atoms with van der Waals surface area (Å²) < 4.78 is 39.6. The summed E-state index contributed by atoms with van der Waals surface area (Å²) in [5.74, 6) is -0.556. The molecule has 1 aromatic rings. The van der Waals surface area contributed by atoms with Crippen LogP contribution in [-0.4, -0.2) is 31.9 Å². The molecule has 1 heterocycles. The molecular formula is C13H16FN3O2S. The number of nitriles is 1. The van der Waals surface area contributed by atoms with Gasteiger partial charge >= 0.3 is 0 Å². The van der Waals surface area contributed by atoms with Crippen LogP contribution in [0.2, 0.25) is 0 Å². The smallest absolute Gasteiger partial charge is 0.243 e. The van der Waals surface area contributed by atoms with E-state index in [9.17, 15) is 12.8 Å². The minimum absolute atomic E-state index is 0.0725. The Morgan fingerprint density at radius 1 is 1.45 bits per heavy atom. The quantitative estimate of drug-likeness (QED) is 0.884. The number of sulfonamides is 1. The molecule has 1 aromatic carbocycles. The van der Waals surface area contributed by atoms with Gasteiger partial charge in [0.1, 0.15) is 11.9 Å². The summed E-state index contributed by atoms with van der Waals surface area (Å²) in [6.07, 6.45) is 0.777. The molecule has 2 N–H and O–H groups in total. The minimum Gasteiger partial charge on any atom is -0.326 e. The molecule has 2 atom stereocenters. The number of rotatable bonds is 2. The predicted octanol–water partition coefficient (Wildman–Crippen LogP) is 1.06. The Labute approximate surface area is 117 Å². The lowest BCUT2D eigenvalue weighted by Gasteiger charge is -2.33. The van der Waals surface area contributed by atoms with Gasteiger partial charge in [-0.1, -0.05) is 6.92 Å². The van der Waals surface area contributed by atoms with Crippen molar-refractivity contribution in [3.05, 3.63) is 29.6 Å². The SMILES string of the molecule is CC1CC(N)CN(S(=O)(=O)c2ccc(F)c(C#N)c2)C1. The van der Waals surface area contributed by atoms with Gasteiger partial charge in [0.25, 0.3) is 0 Å². The molecule has 7 heteroatoms. The van der Waals surface area contributed by atoms with Crippen molar-refractivity contribution in [3.8, 4) is 6.07 Å². The predicted molar refractivity (Wildman–Crippen MR) is 71.6 cm³/mol. The summed E-state index contributed by atoms with van der Waals surface area (Å²) >= 11 is 0. The summed E-state index contributed by atoms with van der Waals surface area (Å²) in [4.78, 5) is -0.0725. The third-order valence-corrected chi connectivity index (χ3v) is 5.18. The summed E-state index contributed by atoms with van der Waals surface area (Å²) in [7, 11) is -3.74. The molecule has 20 heavy (non-hydrogen) atoms. The van der Waals surface area contributed by atoms with Crippen LogP contribution in [0.1, 0.15) is 18.9 Å². The van der Waals surface area contributed by atoms with Crippen LogP contribution in [0.4, 0.5) is 4.39 Å². The van der Waals surface area contributed by atoms with E-state index in [2.05, 4.69) is 0 Å². The highest BCUT2D eigenvalue weighted by Crippen LogP contribution is 2.24. The van der Waals surface area contributed by atoms with E-state index in [0.717, 1.165) is 18.6 Å². The lowest BCUT2D eigenvalue weighted by Crippen LogP contribution is -2.48. The van der Waals surface area contributed by atoms with E-state index < -0.39 is 15.8 Å². The largest absolute Gasteiger partial charge is 0.326 e. The van der Waals surface area contributed by atoms with E-state index in [4.69, 9.17) is 11.0 Å². The van der Waals surface area contributed by atoms with E-state index in [1.54, 1.807) is 6.07 Å². The second-order valence-electron chi connectivity index (χ2n) is 5.18. The van der Waals surface area contributed by atoms with Gasteiger partial charge in [0.2, 0.25) is 10.0 Å². The Morgan fingerprint density at radius 2 is 2.15 bits per heavy atom. The molecule has 0 bridgehead atoms. The van der Waals surface area contributed by atoms with Crippen LogP contribution in [0.15, 0.2) is 23.1 Å². The first-order chi connectivity index (χ1) is 9.34. The zero-order valence-corrected chi connectivity index (χ0v) is 11.9. The Morgan fingerprint density at radius 3 is 2.75 bits per heavy atom. The molecule has 2 unspecified atom stereocenters. The van der Waals surface area contributed by atoms with Gasteiger partial charge in [0, 0.05) is 19.1 Å². The average molecular weight is 297 g/mol. The zero-order chi connectivity index (χ0) is 14.9. The fraction of sp³-hybridized carbons (Fsp3) is 0.462. The molecule has 1 fully saturated rings. The van der Waals surface area contributed by atoms with Crippen molar-refractivity contribution in [1.82, 2.24) is 4.31 Å². The first-order valence-corrected chi connectivity index (χ1v) is 7.74. The molecule has 0 amide bonds. The molecule has 108 valence electrons. The van der Waals surface area contributed by atoms with Crippen molar-refractivity contribution >= 4 is 10.0 Å². The maximum atomic E-state index is 13.3. The summed E-state index contributed by atoms with van der Waals surface area (Å²) in [5.41, 5.74) is 5.57. The molecule has 5 nitrogen and oxygen atoms in total. The third-order valence-electron chi connectivity index (χ3n) is 3.35. The van der Waals surface area contributed by atoms with Gasteiger partial charge in [-0.3, -0.25) is 0 Å². The Balaban J connectivity index is 2.38. The molecule has 1 saturated heterocycles. The normalized spacial score (nSPS) is 24.3. The van der Waals surface area contributed by atoms with Gasteiger partial charge in [-0.15, -0.1) is 0 Å². The fourth-order valence-corrected chi connectivity index (χ4v) is 4.09. The van der Waals surface area contributed by atoms with Gasteiger partial charge in [-0.25, -0.2) is 12.8 Å². The van der Waals surface area contributed by atoms with Crippen molar-refractivity contribution < 1.29 is 12.8 Å². The van der Waals surface area contributed by atoms with Gasteiger partial charge in [0.05, 0.1) is 10.5 Å². The first kappa shape index (κ1) is 14.9. The summed E-state index contributed by atoms with van der Waals surface area (Å²) in [6, 6.07) is 4.68. The number of hydrogen-bond donors (Lipinski definition) is 1. The second kappa shape index (κ2) is 5.48. The Hall–Kier alpha value is -1.49. The average Bonchev–Trinajstić information content (AvgIpc) is 2.37. The number of piperidine rings is 1. The maximum absolute atomic E-state index is 13.3. The third kappa shape index (κ3) is 2.82. The van der Waals surface area contributed by atoms with Gasteiger partial charge in [-0.2, -0.15) is 9.57 Å². The lowest BCUT2D eigenvalue weighted by atomic mass is 9.99. The fourth-order valence-electron chi connectivity index (χ4n) is 2.45. The highest BCUT2D eigenvalue weighted by molar-refractivity contribution is 7.89. The van der Waals surface area contributed by atoms with Crippen LogP contribution >= 0.6 is 0 Å². The maximum Gasteiger partial charge on any atom is 0.243 e. The number of halogens is 1. The van der Waals surface area contributed by atoms with Crippen molar-refractivity contribution in [2.75, 3.05) is 13.1 Å². The first-order valence-electron chi connectivity index (χ1n) is 6.30. The van der Waals surface area contributed by atoms with Crippen molar-refractivity contribution in [3.63, 3.8) is 0 Å². The van der Waals surface area contributed by atoms with Crippen LogP contribution in [-0.2, 0) is 10.0 Å². The topological polar surface area (TPSA) is 87.2 Å². The van der Waals surface area contributed by atoms with Crippen LogP contribution in [0.3, 0.4) is 0 Å². The van der Waals surface area contributed by atoms with E-state index in [-0.39, 0.29) is 29.0 Å². The molecule has 0 radical (unpaired) electrons. The number of benzene rings is 1. The monoisotopic (exact) mass is 297 g/mol. The number of nitrogens with two attached hydrogens (primary N) is 1. The summed E-state index contributed by atoms with van der Waals surface area (Å²) in [6.45, 7) is 2.56. The molecule has 2 rings (SSSR count). The molecule has 0 saturated carbocycles. The highest BCUT2D eigenvalue weighted by Gasteiger charge is 2.32. The molecule has 1 aliphatic heterocycles. The van der Waals surface area contributed by atoms with E-state index in [1.165, 1.54) is 10.4 Å². The van der Waals surface area contributed by atoms with Crippen LogP contribution in [0, 0.1) is 23.1 Å². The van der Waals surface area contributed by atoms with Gasteiger partial charge in [0.15, 0.2) is 0 Å². The Kier molecular flexibility index (Phi) is 4.09. The van der Waals surface area contributed by atoms with Crippen molar-refractivity contribution in [1.29, 1.82) is 5.26 Å². The highest BCUT2D eigenvalue weighted by atomic mass is 32.2. The number of nitrogens with zero attached hydrogens (tertiary/aromatic N) is 2. The molecule has 0 aliphatic carbocycles. The van der Waals surface area contributed by atoms with Crippen molar-refractivity contribution in [2.24, 2.45) is 11.7 Å². The van der Waals surface area contributed by atoms with Crippen LogP contribution in [0.5, 0.6) is 0 Å². The molecular weight excluding hydrogens is 281 g/mol. The second-order valence-corrected chi connectivity index (χ2v) is 7.11. The van der Waals surface area contributed by atoms with Crippen LogP contribution < -0.4 is 5.73 Å². The standard InChI is InChI=1S/C13H16FN3O2S/c1-9-4-11(16)8-17(7-9)20(18,19)12-2-3-13(14)10(5-12)6-15/h2-3,5,9,11H,4,7-8,16H2,1H3. The zero-order valence-electron chi connectivity index (χ0n) is 11.1. The van der Waals surface area contributed by atoms with E-state index >= 15 is 0 Å². The number of hydrogen-bond acceptors (Lipinski definition) is 4. The Bertz CT molecular complexity index is 644. The minimum atomic E-state index is -3.74. The molecule has 0 spiro atoms. The van der Waals surface area contributed by atoms with Gasteiger partial charge in [-0.05, 0) is 30.5 Å². The lowest BCUT2D eigenvalue weighted by molar-refractivity contribution is 0.254. The van der Waals surface area contributed by atoms with E-state index in [0.29, 0.717) is 6.54 Å². The molecule has 1 aliphatic rings. The van der Waals surface area contributed by atoms with Crippen molar-refractivity contribution in [2.45, 2.75) is 24.3 Å². The van der Waals surface area contributed by atoms with E-state index in [1.807, 2.05) is 6.92 Å². The van der Waals surface area contributed by atoms with Gasteiger partial charge < -0.3 is 5.73 Å². The van der Waals surface area contributed by atoms with Crippen LogP contribution in [0.25, 0.3) is 0 Å².